The Labute approximate surface area is 149 Å². The normalized spacial score (nSPS) is 21.2. The van der Waals surface area contributed by atoms with E-state index in [2.05, 4.69) is 6.92 Å². The molecule has 5 heteroatoms. The number of amides is 2. The zero-order valence-electron chi connectivity index (χ0n) is 15.1. The van der Waals surface area contributed by atoms with Crippen LogP contribution in [0.4, 0.5) is 0 Å². The summed E-state index contributed by atoms with van der Waals surface area (Å²) in [6.45, 7) is 5.43. The van der Waals surface area contributed by atoms with Crippen molar-refractivity contribution in [3.8, 4) is 0 Å². The van der Waals surface area contributed by atoms with Crippen LogP contribution in [0, 0.1) is 0 Å². The predicted molar refractivity (Wildman–Crippen MR) is 96.5 cm³/mol. The predicted octanol–water partition coefficient (Wildman–Crippen LogP) is 2.49. The van der Waals surface area contributed by atoms with Gasteiger partial charge in [-0.2, -0.15) is 0 Å². The lowest BCUT2D eigenvalue weighted by Crippen LogP contribution is -2.41. The zero-order chi connectivity index (χ0) is 17.6. The SMILES string of the molecule is CCCc1ccc(C(=O)N2CCCN(C(=O)C3CCCO3)CC2)cc1. The van der Waals surface area contributed by atoms with Gasteiger partial charge in [0.1, 0.15) is 6.10 Å². The Morgan fingerprint density at radius 3 is 2.44 bits per heavy atom. The third-order valence-corrected chi connectivity index (χ3v) is 5.04. The molecule has 1 atom stereocenters. The number of benzene rings is 1. The standard InChI is InChI=1S/C20H28N2O3/c1-2-5-16-7-9-17(10-8-16)19(23)21-11-4-12-22(14-13-21)20(24)18-6-3-15-25-18/h7-10,18H,2-6,11-15H2,1H3. The van der Waals surface area contributed by atoms with Gasteiger partial charge < -0.3 is 14.5 Å². The van der Waals surface area contributed by atoms with Crippen molar-refractivity contribution >= 4 is 11.8 Å². The van der Waals surface area contributed by atoms with Gasteiger partial charge in [0, 0.05) is 38.3 Å². The Morgan fingerprint density at radius 1 is 1.04 bits per heavy atom. The second-order valence-corrected chi connectivity index (χ2v) is 6.92. The Balaban J connectivity index is 1.58. The number of carbonyl (C=O) groups is 2. The van der Waals surface area contributed by atoms with E-state index in [4.69, 9.17) is 4.74 Å². The van der Waals surface area contributed by atoms with Gasteiger partial charge >= 0.3 is 0 Å². The summed E-state index contributed by atoms with van der Waals surface area (Å²) in [5.41, 5.74) is 2.00. The molecule has 1 aromatic carbocycles. The number of nitrogens with zero attached hydrogens (tertiary/aromatic N) is 2. The Morgan fingerprint density at radius 2 is 1.76 bits per heavy atom. The molecule has 0 spiro atoms. The van der Waals surface area contributed by atoms with Crippen LogP contribution < -0.4 is 0 Å². The fraction of sp³-hybridized carbons (Fsp3) is 0.600. The van der Waals surface area contributed by atoms with Crippen molar-refractivity contribution in [2.45, 2.75) is 45.1 Å². The monoisotopic (exact) mass is 344 g/mol. The summed E-state index contributed by atoms with van der Waals surface area (Å²) in [6, 6.07) is 7.94. The van der Waals surface area contributed by atoms with Gasteiger partial charge in [0.05, 0.1) is 0 Å². The highest BCUT2D eigenvalue weighted by atomic mass is 16.5. The van der Waals surface area contributed by atoms with Gasteiger partial charge in [-0.25, -0.2) is 0 Å². The molecule has 2 aliphatic heterocycles. The second-order valence-electron chi connectivity index (χ2n) is 6.92. The summed E-state index contributed by atoms with van der Waals surface area (Å²) in [6.07, 6.45) is 4.48. The molecule has 3 rings (SSSR count). The van der Waals surface area contributed by atoms with Crippen molar-refractivity contribution in [3.05, 3.63) is 35.4 Å². The Kier molecular flexibility index (Phi) is 6.08. The van der Waals surface area contributed by atoms with Crippen molar-refractivity contribution in [3.63, 3.8) is 0 Å². The van der Waals surface area contributed by atoms with E-state index in [0.29, 0.717) is 32.8 Å². The molecule has 0 radical (unpaired) electrons. The van der Waals surface area contributed by atoms with E-state index >= 15 is 0 Å². The Bertz CT molecular complexity index is 593. The van der Waals surface area contributed by atoms with Gasteiger partial charge in [0.2, 0.25) is 0 Å². The number of hydrogen-bond acceptors (Lipinski definition) is 3. The van der Waals surface area contributed by atoms with Crippen LogP contribution in [0.5, 0.6) is 0 Å². The summed E-state index contributed by atoms with van der Waals surface area (Å²) in [4.78, 5) is 29.0. The first-order chi connectivity index (χ1) is 12.2. The molecule has 0 aromatic heterocycles. The second kappa shape index (κ2) is 8.48. The fourth-order valence-electron chi connectivity index (χ4n) is 3.60. The smallest absolute Gasteiger partial charge is 0.253 e. The highest BCUT2D eigenvalue weighted by Crippen LogP contribution is 2.17. The summed E-state index contributed by atoms with van der Waals surface area (Å²) < 4.78 is 5.51. The molecule has 136 valence electrons. The molecule has 0 bridgehead atoms. The van der Waals surface area contributed by atoms with Gasteiger partial charge in [0.25, 0.3) is 11.8 Å². The quantitative estimate of drug-likeness (QED) is 0.843. The molecule has 5 nitrogen and oxygen atoms in total. The van der Waals surface area contributed by atoms with E-state index in [1.807, 2.05) is 34.1 Å². The first kappa shape index (κ1) is 17.9. The van der Waals surface area contributed by atoms with Crippen molar-refractivity contribution < 1.29 is 14.3 Å². The van der Waals surface area contributed by atoms with Crippen molar-refractivity contribution in [2.75, 3.05) is 32.8 Å². The minimum atomic E-state index is -0.270. The van der Waals surface area contributed by atoms with Gasteiger partial charge in [-0.1, -0.05) is 25.5 Å². The minimum absolute atomic E-state index is 0.0643. The maximum Gasteiger partial charge on any atom is 0.253 e. The van der Waals surface area contributed by atoms with Gasteiger partial charge in [0.15, 0.2) is 0 Å². The Hall–Kier alpha value is -1.88. The molecule has 2 heterocycles. The van der Waals surface area contributed by atoms with Crippen LogP contribution in [0.1, 0.15) is 48.5 Å². The number of aryl methyl sites for hydroxylation is 1. The zero-order valence-corrected chi connectivity index (χ0v) is 15.1. The average molecular weight is 344 g/mol. The van der Waals surface area contributed by atoms with Crippen molar-refractivity contribution in [2.24, 2.45) is 0 Å². The summed E-state index contributed by atoms with van der Waals surface area (Å²) in [5, 5.41) is 0. The van der Waals surface area contributed by atoms with Crippen LogP contribution in [-0.4, -0.2) is 60.5 Å². The lowest BCUT2D eigenvalue weighted by molar-refractivity contribution is -0.140. The molecule has 2 aliphatic rings. The third kappa shape index (κ3) is 4.40. The number of carbonyl (C=O) groups excluding carboxylic acids is 2. The molecule has 1 aromatic rings. The van der Waals surface area contributed by atoms with Gasteiger partial charge in [-0.3, -0.25) is 9.59 Å². The molecule has 0 saturated carbocycles. The summed E-state index contributed by atoms with van der Waals surface area (Å²) in [7, 11) is 0. The lowest BCUT2D eigenvalue weighted by Gasteiger charge is -2.24. The minimum Gasteiger partial charge on any atom is -0.368 e. The molecule has 2 amide bonds. The lowest BCUT2D eigenvalue weighted by atomic mass is 10.1. The van der Waals surface area contributed by atoms with Crippen LogP contribution in [0.25, 0.3) is 0 Å². The van der Waals surface area contributed by atoms with Crippen molar-refractivity contribution in [1.29, 1.82) is 0 Å². The van der Waals surface area contributed by atoms with E-state index in [9.17, 15) is 9.59 Å². The van der Waals surface area contributed by atoms with E-state index in [1.54, 1.807) is 0 Å². The highest BCUT2D eigenvalue weighted by molar-refractivity contribution is 5.94. The molecule has 2 fully saturated rings. The van der Waals surface area contributed by atoms with E-state index in [0.717, 1.165) is 37.7 Å². The average Bonchev–Trinajstić information content (AvgIpc) is 3.06. The third-order valence-electron chi connectivity index (χ3n) is 5.04. The highest BCUT2D eigenvalue weighted by Gasteiger charge is 2.30. The fourth-order valence-corrected chi connectivity index (χ4v) is 3.60. The molecular formula is C20H28N2O3. The summed E-state index contributed by atoms with van der Waals surface area (Å²) in [5.74, 6) is 0.158. The number of hydrogen-bond donors (Lipinski definition) is 0. The molecule has 1 unspecified atom stereocenters. The molecule has 2 saturated heterocycles. The topological polar surface area (TPSA) is 49.9 Å². The van der Waals surface area contributed by atoms with Crippen LogP contribution in [0.15, 0.2) is 24.3 Å². The van der Waals surface area contributed by atoms with Crippen molar-refractivity contribution in [1.82, 2.24) is 9.80 Å². The molecule has 0 N–H and O–H groups in total. The van der Waals surface area contributed by atoms with E-state index < -0.39 is 0 Å². The van der Waals surface area contributed by atoms with Crippen LogP contribution in [-0.2, 0) is 16.0 Å². The van der Waals surface area contributed by atoms with E-state index in [-0.39, 0.29) is 17.9 Å². The van der Waals surface area contributed by atoms with E-state index in [1.165, 1.54) is 5.56 Å². The maximum atomic E-state index is 12.8. The number of rotatable bonds is 4. The maximum absolute atomic E-state index is 12.8. The molecule has 0 aliphatic carbocycles. The van der Waals surface area contributed by atoms with Crippen LogP contribution in [0.2, 0.25) is 0 Å². The van der Waals surface area contributed by atoms with Crippen LogP contribution >= 0.6 is 0 Å². The van der Waals surface area contributed by atoms with Crippen LogP contribution in [0.3, 0.4) is 0 Å². The molecular weight excluding hydrogens is 316 g/mol. The summed E-state index contributed by atoms with van der Waals surface area (Å²) >= 11 is 0. The first-order valence-corrected chi connectivity index (χ1v) is 9.47. The van der Waals surface area contributed by atoms with Gasteiger partial charge in [-0.05, 0) is 43.4 Å². The number of ether oxygens (including phenoxy) is 1. The molecule has 25 heavy (non-hydrogen) atoms. The van der Waals surface area contributed by atoms with Gasteiger partial charge in [-0.15, -0.1) is 0 Å². The largest absolute Gasteiger partial charge is 0.368 e. The first-order valence-electron chi connectivity index (χ1n) is 9.47.